The molecule has 0 saturated heterocycles. The van der Waals surface area contributed by atoms with Gasteiger partial charge in [-0.1, -0.05) is 0 Å². The van der Waals surface area contributed by atoms with Crippen molar-refractivity contribution in [2.75, 3.05) is 0 Å². The number of aromatic nitrogens is 2. The fourth-order valence-corrected chi connectivity index (χ4v) is 1.82. The molecule has 0 saturated carbocycles. The molecule has 2 rings (SSSR count). The number of rotatable bonds is 2. The summed E-state index contributed by atoms with van der Waals surface area (Å²) in [5.41, 5.74) is 1.61. The van der Waals surface area contributed by atoms with Crippen LogP contribution >= 0.6 is 12.2 Å². The Balaban J connectivity index is 2.67. The van der Waals surface area contributed by atoms with Crippen molar-refractivity contribution in [3.05, 3.63) is 28.5 Å². The quantitative estimate of drug-likeness (QED) is 0.819. The van der Waals surface area contributed by atoms with Gasteiger partial charge in [-0.25, -0.2) is 8.78 Å². The normalized spacial score (nSPS) is 10.9. The largest absolute Gasteiger partial charge is 0.331 e. The van der Waals surface area contributed by atoms with Gasteiger partial charge in [0.2, 0.25) is 0 Å². The Kier molecular flexibility index (Phi) is 2.71. The Bertz CT molecular complexity index is 621. The van der Waals surface area contributed by atoms with Crippen LogP contribution in [0.1, 0.15) is 5.56 Å². The van der Waals surface area contributed by atoms with E-state index in [1.54, 1.807) is 18.2 Å². The minimum atomic E-state index is -2.48. The zero-order valence-electron chi connectivity index (χ0n) is 8.08. The number of hydrogen-bond acceptors (Lipinski definition) is 2. The Hall–Kier alpha value is -1.74. The van der Waals surface area contributed by atoms with E-state index in [2.05, 4.69) is 4.98 Å². The molecule has 1 heterocycles. The first-order valence-corrected chi connectivity index (χ1v) is 4.93. The van der Waals surface area contributed by atoms with Crippen LogP contribution in [0, 0.1) is 16.1 Å². The van der Waals surface area contributed by atoms with Crippen molar-refractivity contribution >= 4 is 23.3 Å². The molecule has 1 N–H and O–H groups in total. The molecule has 0 amide bonds. The highest BCUT2D eigenvalue weighted by Crippen LogP contribution is 2.17. The van der Waals surface area contributed by atoms with Gasteiger partial charge in [0.1, 0.15) is 0 Å². The predicted molar refractivity (Wildman–Crippen MR) is 57.8 cm³/mol. The molecule has 6 heteroatoms. The Labute approximate surface area is 94.9 Å². The van der Waals surface area contributed by atoms with Gasteiger partial charge in [0.25, 0.3) is 6.43 Å². The molecule has 2 aromatic rings. The van der Waals surface area contributed by atoms with Crippen LogP contribution in [-0.2, 0) is 6.54 Å². The maximum Gasteiger partial charge on any atom is 0.256 e. The first-order chi connectivity index (χ1) is 7.61. The van der Waals surface area contributed by atoms with Gasteiger partial charge in [0.15, 0.2) is 4.77 Å². The SMILES string of the molecule is N#Cc1ccc2[nH]c(=S)n(CC(F)F)c2c1. The molecule has 0 radical (unpaired) electrons. The van der Waals surface area contributed by atoms with E-state index in [0.717, 1.165) is 0 Å². The van der Waals surface area contributed by atoms with Crippen LogP contribution in [0.5, 0.6) is 0 Å². The number of fused-ring (bicyclic) bond motifs is 1. The molecule has 0 aliphatic carbocycles. The van der Waals surface area contributed by atoms with Gasteiger partial charge in [-0.2, -0.15) is 5.26 Å². The fraction of sp³-hybridized carbons (Fsp3) is 0.200. The topological polar surface area (TPSA) is 44.5 Å². The van der Waals surface area contributed by atoms with Crippen LogP contribution in [0.15, 0.2) is 18.2 Å². The van der Waals surface area contributed by atoms with E-state index in [-0.39, 0.29) is 4.77 Å². The van der Waals surface area contributed by atoms with E-state index in [1.807, 2.05) is 6.07 Å². The second-order valence-electron chi connectivity index (χ2n) is 3.28. The van der Waals surface area contributed by atoms with Crippen LogP contribution < -0.4 is 0 Å². The highest BCUT2D eigenvalue weighted by molar-refractivity contribution is 7.71. The lowest BCUT2D eigenvalue weighted by molar-refractivity contribution is 0.127. The van der Waals surface area contributed by atoms with Crippen LogP contribution in [0.4, 0.5) is 8.78 Å². The molecule has 0 fully saturated rings. The summed E-state index contributed by atoms with van der Waals surface area (Å²) < 4.78 is 26.2. The number of aromatic amines is 1. The van der Waals surface area contributed by atoms with E-state index in [1.165, 1.54) is 4.57 Å². The smallest absolute Gasteiger partial charge is 0.256 e. The van der Waals surface area contributed by atoms with Crippen molar-refractivity contribution in [2.24, 2.45) is 0 Å². The molecular formula is C10H7F2N3S. The number of imidazole rings is 1. The van der Waals surface area contributed by atoms with Crippen molar-refractivity contribution in [3.8, 4) is 6.07 Å². The highest BCUT2D eigenvalue weighted by Gasteiger charge is 2.10. The van der Waals surface area contributed by atoms with Gasteiger partial charge in [0, 0.05) is 0 Å². The number of nitriles is 1. The first kappa shape index (κ1) is 10.8. The van der Waals surface area contributed by atoms with Gasteiger partial charge >= 0.3 is 0 Å². The molecule has 3 nitrogen and oxygen atoms in total. The van der Waals surface area contributed by atoms with Crippen molar-refractivity contribution in [1.82, 2.24) is 9.55 Å². The van der Waals surface area contributed by atoms with Gasteiger partial charge < -0.3 is 9.55 Å². The molecule has 82 valence electrons. The average Bonchev–Trinajstić information content (AvgIpc) is 2.54. The van der Waals surface area contributed by atoms with Gasteiger partial charge in [-0.15, -0.1) is 0 Å². The summed E-state index contributed by atoms with van der Waals surface area (Å²) in [6.07, 6.45) is -2.48. The summed E-state index contributed by atoms with van der Waals surface area (Å²) in [6, 6.07) is 6.78. The molecule has 0 unspecified atom stereocenters. The molecule has 0 bridgehead atoms. The standard InChI is InChI=1S/C10H7F2N3S/c11-9(12)5-15-8-3-6(4-13)1-2-7(8)14-10(15)16/h1-3,9H,5H2,(H,14,16). The third kappa shape index (κ3) is 1.82. The van der Waals surface area contributed by atoms with Crippen molar-refractivity contribution in [3.63, 3.8) is 0 Å². The van der Waals surface area contributed by atoms with E-state index in [4.69, 9.17) is 17.5 Å². The molecule has 1 aromatic carbocycles. The minimum Gasteiger partial charge on any atom is -0.331 e. The zero-order valence-corrected chi connectivity index (χ0v) is 8.89. The molecule has 0 aliphatic rings. The third-order valence-electron chi connectivity index (χ3n) is 2.22. The van der Waals surface area contributed by atoms with Crippen LogP contribution in [0.25, 0.3) is 11.0 Å². The monoisotopic (exact) mass is 239 g/mol. The van der Waals surface area contributed by atoms with Crippen LogP contribution in [0.2, 0.25) is 0 Å². The summed E-state index contributed by atoms with van der Waals surface area (Å²) in [5, 5.41) is 8.73. The van der Waals surface area contributed by atoms with E-state index in [9.17, 15) is 8.78 Å². The minimum absolute atomic E-state index is 0.241. The van der Waals surface area contributed by atoms with Gasteiger partial charge in [0.05, 0.1) is 29.2 Å². The average molecular weight is 239 g/mol. The van der Waals surface area contributed by atoms with Crippen LogP contribution in [0.3, 0.4) is 0 Å². The summed E-state index contributed by atoms with van der Waals surface area (Å²) in [4.78, 5) is 2.82. The lowest BCUT2D eigenvalue weighted by Crippen LogP contribution is -2.06. The second-order valence-corrected chi connectivity index (χ2v) is 3.66. The van der Waals surface area contributed by atoms with Crippen molar-refractivity contribution in [1.29, 1.82) is 5.26 Å². The van der Waals surface area contributed by atoms with E-state index in [0.29, 0.717) is 16.6 Å². The number of hydrogen-bond donors (Lipinski definition) is 1. The summed E-state index contributed by atoms with van der Waals surface area (Å²) in [7, 11) is 0. The van der Waals surface area contributed by atoms with Crippen molar-refractivity contribution < 1.29 is 8.78 Å². The number of nitrogens with one attached hydrogen (secondary N) is 1. The lowest BCUT2D eigenvalue weighted by Gasteiger charge is -2.02. The molecule has 0 aliphatic heterocycles. The summed E-state index contributed by atoms with van der Waals surface area (Å²) >= 11 is 4.94. The number of H-pyrrole nitrogens is 1. The number of nitrogens with zero attached hydrogens (tertiary/aromatic N) is 2. The van der Waals surface area contributed by atoms with E-state index >= 15 is 0 Å². The third-order valence-corrected chi connectivity index (χ3v) is 2.55. The maximum atomic E-state index is 12.3. The molecule has 0 spiro atoms. The lowest BCUT2D eigenvalue weighted by atomic mass is 10.2. The summed E-state index contributed by atoms with van der Waals surface area (Å²) in [6.45, 7) is -0.465. The number of benzene rings is 1. The van der Waals surface area contributed by atoms with Gasteiger partial charge in [-0.3, -0.25) is 0 Å². The summed E-state index contributed by atoms with van der Waals surface area (Å²) in [5.74, 6) is 0. The second kappa shape index (κ2) is 4.02. The molecule has 16 heavy (non-hydrogen) atoms. The fourth-order valence-electron chi connectivity index (χ4n) is 1.54. The predicted octanol–water partition coefficient (Wildman–Crippen LogP) is 2.84. The molecular weight excluding hydrogens is 232 g/mol. The molecule has 1 aromatic heterocycles. The van der Waals surface area contributed by atoms with Crippen molar-refractivity contribution in [2.45, 2.75) is 13.0 Å². The Morgan fingerprint density at radius 3 is 2.88 bits per heavy atom. The van der Waals surface area contributed by atoms with Gasteiger partial charge in [-0.05, 0) is 30.4 Å². The molecule has 0 atom stereocenters. The van der Waals surface area contributed by atoms with Crippen LogP contribution in [-0.4, -0.2) is 16.0 Å². The maximum absolute atomic E-state index is 12.3. The number of alkyl halides is 2. The zero-order chi connectivity index (χ0) is 11.7. The van der Waals surface area contributed by atoms with E-state index < -0.39 is 13.0 Å². The Morgan fingerprint density at radius 2 is 2.25 bits per heavy atom. The number of halogens is 2. The first-order valence-electron chi connectivity index (χ1n) is 4.52. The Morgan fingerprint density at radius 1 is 1.50 bits per heavy atom. The highest BCUT2D eigenvalue weighted by atomic mass is 32.1.